The molecule has 2 aromatic carbocycles. The fraction of sp³-hybridized carbons (Fsp3) is 0.409. The zero-order valence-electron chi connectivity index (χ0n) is 17.2. The highest BCUT2D eigenvalue weighted by atomic mass is 32.2. The number of anilines is 1. The van der Waals surface area contributed by atoms with Crippen molar-refractivity contribution in [2.45, 2.75) is 44.6 Å². The predicted molar refractivity (Wildman–Crippen MR) is 114 cm³/mol. The molecule has 6 nitrogen and oxygen atoms in total. The van der Waals surface area contributed by atoms with E-state index in [0.717, 1.165) is 24.1 Å². The molecule has 0 fully saturated rings. The Morgan fingerprint density at radius 2 is 1.83 bits per heavy atom. The van der Waals surface area contributed by atoms with E-state index in [4.69, 9.17) is 4.74 Å². The van der Waals surface area contributed by atoms with Gasteiger partial charge in [-0.3, -0.25) is 4.79 Å². The van der Waals surface area contributed by atoms with E-state index in [2.05, 4.69) is 0 Å². The Bertz CT molecular complexity index is 956. The highest BCUT2D eigenvalue weighted by Crippen LogP contribution is 2.31. The van der Waals surface area contributed by atoms with Crippen molar-refractivity contribution in [3.05, 3.63) is 54.1 Å². The van der Waals surface area contributed by atoms with E-state index >= 15 is 0 Å². The molecule has 156 valence electrons. The first-order valence-electron chi connectivity index (χ1n) is 10.0. The number of sulfonamides is 1. The molecule has 1 amide bonds. The Morgan fingerprint density at radius 1 is 1.14 bits per heavy atom. The van der Waals surface area contributed by atoms with Gasteiger partial charge in [0.25, 0.3) is 5.91 Å². The first-order chi connectivity index (χ1) is 13.9. The number of amides is 1. The van der Waals surface area contributed by atoms with Gasteiger partial charge in [0.05, 0.1) is 4.90 Å². The summed E-state index contributed by atoms with van der Waals surface area (Å²) in [5, 5.41) is 0. The third-order valence-corrected chi connectivity index (χ3v) is 7.23. The van der Waals surface area contributed by atoms with Crippen LogP contribution in [0.15, 0.2) is 53.4 Å². The maximum Gasteiger partial charge on any atom is 0.267 e. The summed E-state index contributed by atoms with van der Waals surface area (Å²) in [7, 11) is -3.52. The van der Waals surface area contributed by atoms with Crippen LogP contribution >= 0.6 is 0 Å². The van der Waals surface area contributed by atoms with Crippen molar-refractivity contribution < 1.29 is 17.9 Å². The minimum Gasteiger partial charge on any atom is -0.481 e. The average molecular weight is 417 g/mol. The Balaban J connectivity index is 1.84. The van der Waals surface area contributed by atoms with E-state index in [1.807, 2.05) is 44.2 Å². The second kappa shape index (κ2) is 8.97. The summed E-state index contributed by atoms with van der Waals surface area (Å²) < 4.78 is 32.9. The second-order valence-corrected chi connectivity index (χ2v) is 8.98. The molecule has 0 radical (unpaired) electrons. The van der Waals surface area contributed by atoms with E-state index in [9.17, 15) is 13.2 Å². The number of carbonyl (C=O) groups is 1. The monoisotopic (exact) mass is 416 g/mol. The molecule has 2 aromatic rings. The molecule has 1 aliphatic heterocycles. The van der Waals surface area contributed by atoms with Gasteiger partial charge in [-0.2, -0.15) is 4.31 Å². The molecule has 0 saturated carbocycles. The van der Waals surface area contributed by atoms with Gasteiger partial charge in [-0.25, -0.2) is 8.42 Å². The topological polar surface area (TPSA) is 66.9 Å². The number of hydrogen-bond acceptors (Lipinski definition) is 4. The van der Waals surface area contributed by atoms with E-state index < -0.39 is 16.1 Å². The summed E-state index contributed by atoms with van der Waals surface area (Å²) in [5.74, 6) is 0.514. The largest absolute Gasteiger partial charge is 0.481 e. The quantitative estimate of drug-likeness (QED) is 0.693. The van der Waals surface area contributed by atoms with Gasteiger partial charge < -0.3 is 9.64 Å². The molecule has 1 heterocycles. The number of rotatable bonds is 7. The van der Waals surface area contributed by atoms with Crippen LogP contribution in [0.3, 0.4) is 0 Å². The predicted octanol–water partition coefficient (Wildman–Crippen LogP) is 3.46. The number of nitrogens with zero attached hydrogens (tertiary/aromatic N) is 2. The lowest BCUT2D eigenvalue weighted by molar-refractivity contribution is -0.124. The molecule has 1 aliphatic rings. The van der Waals surface area contributed by atoms with Crippen molar-refractivity contribution in [2.75, 3.05) is 24.5 Å². The van der Waals surface area contributed by atoms with Gasteiger partial charge >= 0.3 is 0 Å². The number of ether oxygens (including phenoxy) is 1. The lowest BCUT2D eigenvalue weighted by atomic mass is 10.0. The van der Waals surface area contributed by atoms with Crippen LogP contribution in [0.25, 0.3) is 0 Å². The highest BCUT2D eigenvalue weighted by Gasteiger charge is 2.29. The maximum absolute atomic E-state index is 13.0. The van der Waals surface area contributed by atoms with Gasteiger partial charge in [0.2, 0.25) is 10.0 Å². The molecule has 0 aromatic heterocycles. The van der Waals surface area contributed by atoms with Crippen molar-refractivity contribution in [3.63, 3.8) is 0 Å². The lowest BCUT2D eigenvalue weighted by Gasteiger charge is -2.32. The van der Waals surface area contributed by atoms with Gasteiger partial charge in [-0.05, 0) is 55.7 Å². The number of fused-ring (bicyclic) bond motifs is 1. The fourth-order valence-electron chi connectivity index (χ4n) is 3.65. The zero-order valence-corrected chi connectivity index (χ0v) is 18.0. The Hall–Kier alpha value is -2.38. The van der Waals surface area contributed by atoms with Gasteiger partial charge in [0, 0.05) is 25.3 Å². The normalized spacial score (nSPS) is 15.1. The molecule has 0 aliphatic carbocycles. The number of carbonyl (C=O) groups excluding carboxylic acids is 1. The number of aryl methyl sites for hydroxylation is 1. The average Bonchev–Trinajstić information content (AvgIpc) is 2.73. The molecule has 0 saturated heterocycles. The molecular formula is C22H28N2O4S. The molecule has 1 atom stereocenters. The third kappa shape index (κ3) is 4.46. The van der Waals surface area contributed by atoms with Crippen LogP contribution in [0.5, 0.6) is 5.75 Å². The highest BCUT2D eigenvalue weighted by molar-refractivity contribution is 7.89. The summed E-state index contributed by atoms with van der Waals surface area (Å²) >= 11 is 0. The molecule has 0 bridgehead atoms. The van der Waals surface area contributed by atoms with Crippen LogP contribution in [0, 0.1) is 0 Å². The molecule has 7 heteroatoms. The summed E-state index contributed by atoms with van der Waals surface area (Å²) in [5.41, 5.74) is 1.65. The third-order valence-electron chi connectivity index (χ3n) is 5.18. The summed E-state index contributed by atoms with van der Waals surface area (Å²) in [6.07, 6.45) is 0.891. The van der Waals surface area contributed by atoms with Crippen LogP contribution in [-0.4, -0.2) is 44.4 Å². The van der Waals surface area contributed by atoms with E-state index in [1.54, 1.807) is 30.0 Å². The molecule has 29 heavy (non-hydrogen) atoms. The van der Waals surface area contributed by atoms with E-state index in [1.165, 1.54) is 4.31 Å². The molecule has 3 rings (SSSR count). The summed E-state index contributed by atoms with van der Waals surface area (Å²) in [4.78, 5) is 15.0. The van der Waals surface area contributed by atoms with Crippen molar-refractivity contribution >= 4 is 21.6 Å². The fourth-order valence-corrected chi connectivity index (χ4v) is 5.16. The Morgan fingerprint density at radius 3 is 2.48 bits per heavy atom. The minimum atomic E-state index is -3.52. The van der Waals surface area contributed by atoms with Gasteiger partial charge in [0.15, 0.2) is 6.10 Å². The SMILES string of the molecule is CCN(CC)S(=O)(=O)c1ccc2c(c1)CCCN2C(=O)C(C)Oc1ccccc1. The van der Waals surface area contributed by atoms with Crippen LogP contribution in [0.2, 0.25) is 0 Å². The zero-order chi connectivity index (χ0) is 21.0. The maximum atomic E-state index is 13.0. The number of benzene rings is 2. The first kappa shape index (κ1) is 21.3. The van der Waals surface area contributed by atoms with Crippen molar-refractivity contribution in [1.82, 2.24) is 4.31 Å². The van der Waals surface area contributed by atoms with Crippen molar-refractivity contribution in [1.29, 1.82) is 0 Å². The minimum absolute atomic E-state index is 0.130. The van der Waals surface area contributed by atoms with E-state index in [-0.39, 0.29) is 10.8 Å². The van der Waals surface area contributed by atoms with Crippen LogP contribution in [-0.2, 0) is 21.2 Å². The molecule has 0 N–H and O–H groups in total. The smallest absolute Gasteiger partial charge is 0.267 e. The number of hydrogen-bond donors (Lipinski definition) is 0. The van der Waals surface area contributed by atoms with Gasteiger partial charge in [-0.1, -0.05) is 32.0 Å². The second-order valence-electron chi connectivity index (χ2n) is 7.05. The van der Waals surface area contributed by atoms with Crippen LogP contribution in [0.1, 0.15) is 32.8 Å². The molecule has 1 unspecified atom stereocenters. The molecular weight excluding hydrogens is 388 g/mol. The standard InChI is InChI=1S/C22H28N2O4S/c1-4-23(5-2)29(26,27)20-13-14-21-18(16-20)10-9-15-24(21)22(25)17(3)28-19-11-7-6-8-12-19/h6-8,11-14,16-17H,4-5,9-10,15H2,1-3H3. The first-order valence-corrected chi connectivity index (χ1v) is 11.5. The lowest BCUT2D eigenvalue weighted by Crippen LogP contribution is -2.43. The van der Waals surface area contributed by atoms with Crippen LogP contribution < -0.4 is 9.64 Å². The summed E-state index contributed by atoms with van der Waals surface area (Å²) in [6.45, 7) is 6.84. The van der Waals surface area contributed by atoms with Gasteiger partial charge in [-0.15, -0.1) is 0 Å². The van der Waals surface area contributed by atoms with Crippen molar-refractivity contribution in [3.8, 4) is 5.75 Å². The van der Waals surface area contributed by atoms with Gasteiger partial charge in [0.1, 0.15) is 5.75 Å². The summed E-state index contributed by atoms with van der Waals surface area (Å²) in [6, 6.07) is 14.3. The van der Waals surface area contributed by atoms with E-state index in [0.29, 0.717) is 25.4 Å². The van der Waals surface area contributed by atoms with Crippen molar-refractivity contribution in [2.24, 2.45) is 0 Å². The molecule has 0 spiro atoms. The van der Waals surface area contributed by atoms with Crippen LogP contribution in [0.4, 0.5) is 5.69 Å². The Kier molecular flexibility index (Phi) is 6.59. The number of para-hydroxylation sites is 1. The Labute approximate surface area is 173 Å².